The Morgan fingerprint density at radius 2 is 2.32 bits per heavy atom. The number of ether oxygens (including phenoxy) is 2. The molecule has 6 nitrogen and oxygen atoms in total. The maximum absolute atomic E-state index is 12.5. The van der Waals surface area contributed by atoms with Crippen molar-refractivity contribution >= 4 is 5.91 Å². The van der Waals surface area contributed by atoms with Gasteiger partial charge in [-0.05, 0) is 18.1 Å². The number of methoxy groups -OCH3 is 1. The summed E-state index contributed by atoms with van der Waals surface area (Å²) >= 11 is 0. The molecule has 0 N–H and O–H groups in total. The van der Waals surface area contributed by atoms with E-state index in [1.54, 1.807) is 31.3 Å². The van der Waals surface area contributed by atoms with Crippen LogP contribution in [0, 0.1) is 5.92 Å². The second-order valence-corrected chi connectivity index (χ2v) is 5.33. The maximum atomic E-state index is 12.5. The fourth-order valence-corrected chi connectivity index (χ4v) is 2.66. The third-order valence-electron chi connectivity index (χ3n) is 3.79. The van der Waals surface area contributed by atoms with Crippen LogP contribution in [0.3, 0.4) is 0 Å². The third kappa shape index (κ3) is 2.77. The number of carbonyl (C=O) groups excluding carboxylic acids is 1. The lowest BCUT2D eigenvalue weighted by Gasteiger charge is -2.28. The number of carbonyl (C=O) groups is 1. The number of hydrogen-bond acceptors (Lipinski definition) is 5. The van der Waals surface area contributed by atoms with E-state index in [1.165, 1.54) is 0 Å². The molecular formula is C16H18N2O4. The van der Waals surface area contributed by atoms with Crippen molar-refractivity contribution in [3.63, 3.8) is 0 Å². The van der Waals surface area contributed by atoms with Gasteiger partial charge in [0, 0.05) is 13.1 Å². The summed E-state index contributed by atoms with van der Waals surface area (Å²) in [6.45, 7) is 0.757. The highest BCUT2D eigenvalue weighted by Gasteiger charge is 2.30. The van der Waals surface area contributed by atoms with E-state index in [9.17, 15) is 4.79 Å². The van der Waals surface area contributed by atoms with Crippen LogP contribution < -0.4 is 9.47 Å². The minimum absolute atomic E-state index is 0.0323. The third-order valence-corrected chi connectivity index (χ3v) is 3.79. The van der Waals surface area contributed by atoms with Gasteiger partial charge in [0.2, 0.25) is 5.91 Å². The molecule has 116 valence electrons. The molecule has 1 aliphatic rings. The van der Waals surface area contributed by atoms with Crippen LogP contribution in [-0.2, 0) is 17.8 Å². The van der Waals surface area contributed by atoms with Crippen LogP contribution in [0.2, 0.25) is 0 Å². The zero-order valence-corrected chi connectivity index (χ0v) is 12.6. The summed E-state index contributed by atoms with van der Waals surface area (Å²) in [6.07, 6.45) is 2.21. The second-order valence-electron chi connectivity index (χ2n) is 5.33. The predicted molar refractivity (Wildman–Crippen MR) is 78.7 cm³/mol. The highest BCUT2D eigenvalue weighted by molar-refractivity contribution is 5.79. The zero-order valence-electron chi connectivity index (χ0n) is 12.6. The molecule has 0 aliphatic carbocycles. The largest absolute Gasteiger partial charge is 0.493 e. The van der Waals surface area contributed by atoms with Gasteiger partial charge in [-0.25, -0.2) is 0 Å². The molecule has 0 fully saturated rings. The monoisotopic (exact) mass is 302 g/mol. The summed E-state index contributed by atoms with van der Waals surface area (Å²) in [5.41, 5.74) is 0.997. The molecule has 3 rings (SSSR count). The van der Waals surface area contributed by atoms with Crippen molar-refractivity contribution in [1.29, 1.82) is 0 Å². The maximum Gasteiger partial charge on any atom is 0.229 e. The van der Waals surface area contributed by atoms with E-state index in [2.05, 4.69) is 5.16 Å². The van der Waals surface area contributed by atoms with E-state index in [-0.39, 0.29) is 11.8 Å². The Kier molecular flexibility index (Phi) is 4.00. The first-order valence-corrected chi connectivity index (χ1v) is 7.12. The van der Waals surface area contributed by atoms with Crippen molar-refractivity contribution in [3.05, 3.63) is 41.8 Å². The molecule has 1 unspecified atom stereocenters. The highest BCUT2D eigenvalue weighted by Crippen LogP contribution is 2.36. The van der Waals surface area contributed by atoms with Crippen molar-refractivity contribution in [2.24, 2.45) is 5.92 Å². The first-order valence-electron chi connectivity index (χ1n) is 7.12. The minimum Gasteiger partial charge on any atom is -0.493 e. The van der Waals surface area contributed by atoms with Crippen LogP contribution in [0.4, 0.5) is 0 Å². The summed E-state index contributed by atoms with van der Waals surface area (Å²) in [4.78, 5) is 14.2. The summed E-state index contributed by atoms with van der Waals surface area (Å²) in [5, 5.41) is 3.64. The molecule has 2 aromatic rings. The van der Waals surface area contributed by atoms with Crippen LogP contribution in [0.25, 0.3) is 0 Å². The molecule has 1 aromatic heterocycles. The Morgan fingerprint density at radius 1 is 1.45 bits per heavy atom. The summed E-state index contributed by atoms with van der Waals surface area (Å²) < 4.78 is 16.1. The average molecular weight is 302 g/mol. The average Bonchev–Trinajstić information content (AvgIpc) is 3.05. The van der Waals surface area contributed by atoms with Crippen LogP contribution in [-0.4, -0.2) is 36.7 Å². The first kappa shape index (κ1) is 14.4. The van der Waals surface area contributed by atoms with E-state index in [4.69, 9.17) is 14.0 Å². The van der Waals surface area contributed by atoms with Gasteiger partial charge in [-0.1, -0.05) is 17.3 Å². The number of para-hydroxylation sites is 1. The van der Waals surface area contributed by atoms with E-state index in [0.717, 1.165) is 11.3 Å². The predicted octanol–water partition coefficient (Wildman–Crippen LogP) is 1.89. The van der Waals surface area contributed by atoms with Crippen LogP contribution in [0.15, 0.2) is 35.0 Å². The molecule has 1 aliphatic heterocycles. The lowest BCUT2D eigenvalue weighted by atomic mass is 9.95. The lowest BCUT2D eigenvalue weighted by Crippen LogP contribution is -2.38. The van der Waals surface area contributed by atoms with Gasteiger partial charge in [0.1, 0.15) is 6.61 Å². The summed E-state index contributed by atoms with van der Waals surface area (Å²) in [7, 11) is 3.37. The Balaban J connectivity index is 1.70. The summed E-state index contributed by atoms with van der Waals surface area (Å²) in [6, 6.07) is 7.48. The zero-order chi connectivity index (χ0) is 15.5. The van der Waals surface area contributed by atoms with Gasteiger partial charge < -0.3 is 18.9 Å². The highest BCUT2D eigenvalue weighted by atomic mass is 16.5. The van der Waals surface area contributed by atoms with Gasteiger partial charge in [0.05, 0.1) is 25.8 Å². The molecule has 2 heterocycles. The summed E-state index contributed by atoms with van der Waals surface area (Å²) in [5.74, 6) is 1.94. The number of rotatable bonds is 4. The van der Waals surface area contributed by atoms with Crippen LogP contribution in [0.1, 0.15) is 11.3 Å². The van der Waals surface area contributed by atoms with E-state index in [1.807, 2.05) is 18.2 Å². The first-order chi connectivity index (χ1) is 10.7. The Bertz CT molecular complexity index is 654. The lowest BCUT2D eigenvalue weighted by molar-refractivity contribution is -0.136. The topological polar surface area (TPSA) is 64.8 Å². The Labute approximate surface area is 128 Å². The van der Waals surface area contributed by atoms with E-state index >= 15 is 0 Å². The number of nitrogens with zero attached hydrogens (tertiary/aromatic N) is 2. The Morgan fingerprint density at radius 3 is 3.05 bits per heavy atom. The normalized spacial score (nSPS) is 16.5. The fourth-order valence-electron chi connectivity index (χ4n) is 2.66. The number of benzene rings is 1. The van der Waals surface area contributed by atoms with E-state index in [0.29, 0.717) is 31.1 Å². The van der Waals surface area contributed by atoms with Gasteiger partial charge in [-0.3, -0.25) is 4.79 Å². The quantitative estimate of drug-likeness (QED) is 0.863. The van der Waals surface area contributed by atoms with Gasteiger partial charge >= 0.3 is 0 Å². The van der Waals surface area contributed by atoms with Gasteiger partial charge in [-0.2, -0.15) is 0 Å². The SMILES string of the molecule is COc1cccc2c1OCC(C(=O)N(C)Cc1ccno1)C2. The number of fused-ring (bicyclic) bond motifs is 1. The number of aromatic nitrogens is 1. The van der Waals surface area contributed by atoms with Crippen molar-refractivity contribution in [3.8, 4) is 11.5 Å². The molecule has 0 saturated carbocycles. The molecule has 6 heteroatoms. The molecule has 1 aromatic carbocycles. The van der Waals surface area contributed by atoms with E-state index < -0.39 is 0 Å². The van der Waals surface area contributed by atoms with Crippen molar-refractivity contribution < 1.29 is 18.8 Å². The van der Waals surface area contributed by atoms with Crippen molar-refractivity contribution in [2.45, 2.75) is 13.0 Å². The Hall–Kier alpha value is -2.50. The van der Waals surface area contributed by atoms with Gasteiger partial charge in [0.15, 0.2) is 17.3 Å². The van der Waals surface area contributed by atoms with Crippen LogP contribution >= 0.6 is 0 Å². The van der Waals surface area contributed by atoms with Gasteiger partial charge in [0.25, 0.3) is 0 Å². The van der Waals surface area contributed by atoms with Crippen LogP contribution in [0.5, 0.6) is 11.5 Å². The minimum atomic E-state index is -0.201. The fraction of sp³-hybridized carbons (Fsp3) is 0.375. The molecular weight excluding hydrogens is 284 g/mol. The van der Waals surface area contributed by atoms with Crippen molar-refractivity contribution in [2.75, 3.05) is 20.8 Å². The molecule has 1 atom stereocenters. The van der Waals surface area contributed by atoms with Crippen molar-refractivity contribution in [1.82, 2.24) is 10.1 Å². The molecule has 1 amide bonds. The number of hydrogen-bond donors (Lipinski definition) is 0. The molecule has 0 bridgehead atoms. The smallest absolute Gasteiger partial charge is 0.229 e. The molecule has 22 heavy (non-hydrogen) atoms. The molecule has 0 saturated heterocycles. The molecule has 0 radical (unpaired) electrons. The number of amides is 1. The standard InChI is InChI=1S/C16H18N2O4/c1-18(9-13-6-7-17-22-13)16(19)12-8-11-4-3-5-14(20-2)15(11)21-10-12/h3-7,12H,8-10H2,1-2H3. The second kappa shape index (κ2) is 6.09. The molecule has 0 spiro atoms. The van der Waals surface area contributed by atoms with Gasteiger partial charge in [-0.15, -0.1) is 0 Å².